The number of hydrogen-bond donors (Lipinski definition) is 2. The molecule has 1 aromatic heterocycles. The number of aromatic nitrogens is 1. The van der Waals surface area contributed by atoms with Gasteiger partial charge < -0.3 is 10.6 Å². The zero-order valence-corrected chi connectivity index (χ0v) is 8.87. The van der Waals surface area contributed by atoms with Crippen molar-refractivity contribution in [1.29, 1.82) is 0 Å². The summed E-state index contributed by atoms with van der Waals surface area (Å²) < 4.78 is 12.6. The lowest BCUT2D eigenvalue weighted by molar-refractivity contribution is -0.116. The summed E-state index contributed by atoms with van der Waals surface area (Å²) in [5.74, 6) is -0.0987. The number of pyridine rings is 1. The van der Waals surface area contributed by atoms with Crippen LogP contribution in [0.25, 0.3) is 0 Å². The quantitative estimate of drug-likeness (QED) is 0.812. The van der Waals surface area contributed by atoms with Crippen molar-refractivity contribution in [3.05, 3.63) is 24.1 Å². The second kappa shape index (κ2) is 5.03. The van der Waals surface area contributed by atoms with Gasteiger partial charge >= 0.3 is 0 Å². The first-order valence-electron chi connectivity index (χ1n) is 5.39. The topological polar surface area (TPSA) is 54.0 Å². The number of nitrogens with zero attached hydrogens (tertiary/aromatic N) is 1. The number of nitrogens with one attached hydrogen (secondary N) is 2. The number of rotatable bonds is 3. The molecule has 16 heavy (non-hydrogen) atoms. The standard InChI is InChI=1S/C11H14FN3O/c12-8-3-4-10(14-7-8)15-11(16)6-9-2-1-5-13-9/h3-4,7,9,13H,1-2,5-6H2,(H,14,15,16). The highest BCUT2D eigenvalue weighted by atomic mass is 19.1. The van der Waals surface area contributed by atoms with Gasteiger partial charge in [0.25, 0.3) is 0 Å². The first kappa shape index (κ1) is 11.0. The van der Waals surface area contributed by atoms with Crippen molar-refractivity contribution in [3.63, 3.8) is 0 Å². The third-order valence-electron chi connectivity index (χ3n) is 2.59. The molecule has 2 heterocycles. The number of halogens is 1. The van der Waals surface area contributed by atoms with Gasteiger partial charge in [0.05, 0.1) is 6.20 Å². The van der Waals surface area contributed by atoms with Gasteiger partial charge in [-0.1, -0.05) is 0 Å². The van der Waals surface area contributed by atoms with E-state index in [1.165, 1.54) is 12.1 Å². The molecule has 0 aliphatic carbocycles. The van der Waals surface area contributed by atoms with Gasteiger partial charge in [0.15, 0.2) is 0 Å². The summed E-state index contributed by atoms with van der Waals surface area (Å²) in [5, 5.41) is 5.88. The van der Waals surface area contributed by atoms with Crippen LogP contribution in [0.5, 0.6) is 0 Å². The number of carbonyl (C=O) groups excluding carboxylic acids is 1. The average molecular weight is 223 g/mol. The van der Waals surface area contributed by atoms with E-state index < -0.39 is 5.82 Å². The Morgan fingerprint density at radius 2 is 2.50 bits per heavy atom. The highest BCUT2D eigenvalue weighted by Crippen LogP contribution is 2.10. The van der Waals surface area contributed by atoms with Crippen LogP contribution in [0.2, 0.25) is 0 Å². The molecule has 1 fully saturated rings. The molecule has 0 spiro atoms. The van der Waals surface area contributed by atoms with E-state index in [4.69, 9.17) is 0 Å². The van der Waals surface area contributed by atoms with Crippen molar-refractivity contribution < 1.29 is 9.18 Å². The van der Waals surface area contributed by atoms with Gasteiger partial charge in [-0.15, -0.1) is 0 Å². The molecule has 5 heteroatoms. The fourth-order valence-electron chi connectivity index (χ4n) is 1.80. The summed E-state index contributed by atoms with van der Waals surface area (Å²) in [4.78, 5) is 15.3. The van der Waals surface area contributed by atoms with Gasteiger partial charge in [0, 0.05) is 12.5 Å². The normalized spacial score (nSPS) is 19.7. The van der Waals surface area contributed by atoms with Crippen LogP contribution in [0, 0.1) is 5.82 Å². The van der Waals surface area contributed by atoms with Crippen LogP contribution in [0.3, 0.4) is 0 Å². The van der Waals surface area contributed by atoms with E-state index in [0.29, 0.717) is 12.2 Å². The van der Waals surface area contributed by atoms with Crippen molar-refractivity contribution in [1.82, 2.24) is 10.3 Å². The molecule has 0 saturated carbocycles. The maximum absolute atomic E-state index is 12.6. The molecular weight excluding hydrogens is 209 g/mol. The molecule has 1 atom stereocenters. The van der Waals surface area contributed by atoms with Crippen molar-refractivity contribution in [3.8, 4) is 0 Å². The monoisotopic (exact) mass is 223 g/mol. The SMILES string of the molecule is O=C(CC1CCCN1)Nc1ccc(F)cn1. The zero-order valence-electron chi connectivity index (χ0n) is 8.87. The molecule has 0 aromatic carbocycles. The van der Waals surface area contributed by atoms with Crippen LogP contribution in [0.15, 0.2) is 18.3 Å². The van der Waals surface area contributed by atoms with Crippen LogP contribution < -0.4 is 10.6 Å². The highest BCUT2D eigenvalue weighted by Gasteiger charge is 2.17. The maximum Gasteiger partial charge on any atom is 0.227 e. The molecule has 1 unspecified atom stereocenters. The molecule has 2 N–H and O–H groups in total. The minimum Gasteiger partial charge on any atom is -0.313 e. The minimum absolute atomic E-state index is 0.0847. The lowest BCUT2D eigenvalue weighted by atomic mass is 10.1. The Bertz CT molecular complexity index is 360. The molecule has 1 saturated heterocycles. The van der Waals surface area contributed by atoms with Gasteiger partial charge in [-0.05, 0) is 31.5 Å². The molecule has 4 nitrogen and oxygen atoms in total. The van der Waals surface area contributed by atoms with E-state index in [2.05, 4.69) is 15.6 Å². The Hall–Kier alpha value is -1.49. The van der Waals surface area contributed by atoms with Crippen LogP contribution in [0.4, 0.5) is 10.2 Å². The summed E-state index contributed by atoms with van der Waals surface area (Å²) in [6.07, 6.45) is 3.68. The Labute approximate surface area is 93.3 Å². The predicted octanol–water partition coefficient (Wildman–Crippen LogP) is 1.30. The highest BCUT2D eigenvalue weighted by molar-refractivity contribution is 5.90. The maximum atomic E-state index is 12.6. The molecule has 0 bridgehead atoms. The van der Waals surface area contributed by atoms with Gasteiger partial charge in [0.2, 0.25) is 5.91 Å². The van der Waals surface area contributed by atoms with Crippen molar-refractivity contribution in [2.24, 2.45) is 0 Å². The zero-order chi connectivity index (χ0) is 11.4. The fraction of sp³-hybridized carbons (Fsp3) is 0.455. The molecule has 1 aromatic rings. The molecule has 1 aliphatic heterocycles. The number of anilines is 1. The lowest BCUT2D eigenvalue weighted by Crippen LogP contribution is -2.27. The largest absolute Gasteiger partial charge is 0.313 e. The lowest BCUT2D eigenvalue weighted by Gasteiger charge is -2.09. The van der Waals surface area contributed by atoms with E-state index in [-0.39, 0.29) is 11.9 Å². The fourth-order valence-corrected chi connectivity index (χ4v) is 1.80. The number of amides is 1. The van der Waals surface area contributed by atoms with Gasteiger partial charge in [-0.2, -0.15) is 0 Å². The van der Waals surface area contributed by atoms with Crippen LogP contribution in [-0.2, 0) is 4.79 Å². The molecular formula is C11H14FN3O. The van der Waals surface area contributed by atoms with Crippen LogP contribution in [0.1, 0.15) is 19.3 Å². The summed E-state index contributed by atoms with van der Waals surface area (Å²) in [6, 6.07) is 2.99. The summed E-state index contributed by atoms with van der Waals surface area (Å²) in [7, 11) is 0. The van der Waals surface area contributed by atoms with E-state index in [9.17, 15) is 9.18 Å². The Morgan fingerprint density at radius 1 is 1.62 bits per heavy atom. The summed E-state index contributed by atoms with van der Waals surface area (Å²) in [6.45, 7) is 0.979. The third-order valence-corrected chi connectivity index (χ3v) is 2.59. The second-order valence-corrected chi connectivity index (χ2v) is 3.91. The van der Waals surface area contributed by atoms with Gasteiger partial charge in [0.1, 0.15) is 11.6 Å². The van der Waals surface area contributed by atoms with E-state index in [1.807, 2.05) is 0 Å². The van der Waals surface area contributed by atoms with Crippen LogP contribution in [-0.4, -0.2) is 23.5 Å². The van der Waals surface area contributed by atoms with E-state index in [0.717, 1.165) is 25.6 Å². The molecule has 0 radical (unpaired) electrons. The first-order chi connectivity index (χ1) is 7.74. The summed E-state index contributed by atoms with van der Waals surface area (Å²) in [5.41, 5.74) is 0. The molecule has 1 amide bonds. The van der Waals surface area contributed by atoms with Crippen molar-refractivity contribution in [2.75, 3.05) is 11.9 Å². The predicted molar refractivity (Wildman–Crippen MR) is 58.5 cm³/mol. The average Bonchev–Trinajstić information content (AvgIpc) is 2.74. The van der Waals surface area contributed by atoms with Gasteiger partial charge in [-0.25, -0.2) is 9.37 Å². The van der Waals surface area contributed by atoms with Crippen molar-refractivity contribution >= 4 is 11.7 Å². The molecule has 86 valence electrons. The van der Waals surface area contributed by atoms with Gasteiger partial charge in [-0.3, -0.25) is 4.79 Å². The second-order valence-electron chi connectivity index (χ2n) is 3.91. The Morgan fingerprint density at radius 3 is 3.12 bits per heavy atom. The Balaban J connectivity index is 1.84. The van der Waals surface area contributed by atoms with E-state index in [1.54, 1.807) is 0 Å². The van der Waals surface area contributed by atoms with Crippen molar-refractivity contribution in [2.45, 2.75) is 25.3 Å². The summed E-state index contributed by atoms with van der Waals surface area (Å²) >= 11 is 0. The van der Waals surface area contributed by atoms with Crippen LogP contribution >= 0.6 is 0 Å². The molecule has 1 aliphatic rings. The molecule has 2 rings (SSSR count). The smallest absolute Gasteiger partial charge is 0.227 e. The minimum atomic E-state index is -0.407. The third kappa shape index (κ3) is 3.00. The first-order valence-corrected chi connectivity index (χ1v) is 5.39. The Kier molecular flexibility index (Phi) is 3.46. The van der Waals surface area contributed by atoms with E-state index >= 15 is 0 Å². The number of carbonyl (C=O) groups is 1. The number of hydrogen-bond acceptors (Lipinski definition) is 3.